The maximum atomic E-state index is 12.1. The second-order valence-electron chi connectivity index (χ2n) is 1.84. The van der Waals surface area contributed by atoms with Gasteiger partial charge in [0.15, 0.2) is 0 Å². The lowest BCUT2D eigenvalue weighted by Gasteiger charge is -2.14. The predicted molar refractivity (Wildman–Crippen MR) is 42.9 cm³/mol. The predicted octanol–water partition coefficient (Wildman–Crippen LogP) is 2.09. The van der Waals surface area contributed by atoms with E-state index in [-0.39, 0.29) is 6.42 Å². The van der Waals surface area contributed by atoms with E-state index in [0.717, 1.165) is 0 Å². The van der Waals surface area contributed by atoms with Crippen molar-refractivity contribution < 1.29 is 13.9 Å². The van der Waals surface area contributed by atoms with E-state index in [1.165, 1.54) is 11.8 Å². The molecule has 1 nitrogen and oxygen atoms in total. The number of alkyl halides is 3. The van der Waals surface area contributed by atoms with Gasteiger partial charge in [0.1, 0.15) is 6.10 Å². The van der Waals surface area contributed by atoms with Gasteiger partial charge in [0.05, 0.1) is 0 Å². The molecule has 0 rings (SSSR count). The molecule has 1 unspecified atom stereocenters. The Morgan fingerprint density at radius 2 is 2.20 bits per heavy atom. The lowest BCUT2D eigenvalue weighted by atomic mass is 10.3. The average molecular weight is 235 g/mol. The van der Waals surface area contributed by atoms with Crippen LogP contribution in [0.3, 0.4) is 0 Å². The molecule has 10 heavy (non-hydrogen) atoms. The van der Waals surface area contributed by atoms with E-state index in [9.17, 15) is 8.78 Å². The zero-order valence-corrected chi connectivity index (χ0v) is 7.88. The fourth-order valence-corrected chi connectivity index (χ4v) is 1.08. The Hall–Kier alpha value is 0.650. The molecule has 0 aliphatic heterocycles. The summed E-state index contributed by atoms with van der Waals surface area (Å²) in [6.07, 6.45) is 0.346. The molecular formula is C5H9BrF2OS. The summed E-state index contributed by atoms with van der Waals surface area (Å²) in [6, 6.07) is 0. The van der Waals surface area contributed by atoms with Crippen LogP contribution in [0.25, 0.3) is 0 Å². The smallest absolute Gasteiger partial charge is 0.326 e. The quantitative estimate of drug-likeness (QED) is 0.753. The van der Waals surface area contributed by atoms with Crippen molar-refractivity contribution in [3.8, 4) is 0 Å². The van der Waals surface area contributed by atoms with Crippen LogP contribution >= 0.6 is 27.7 Å². The molecular weight excluding hydrogens is 226 g/mol. The minimum atomic E-state index is -3.14. The van der Waals surface area contributed by atoms with Crippen LogP contribution in [-0.2, 0) is 0 Å². The van der Waals surface area contributed by atoms with E-state index in [4.69, 9.17) is 5.11 Å². The molecule has 0 aromatic carbocycles. The Morgan fingerprint density at radius 1 is 1.70 bits per heavy atom. The maximum absolute atomic E-state index is 12.1. The molecule has 0 aromatic heterocycles. The second kappa shape index (κ2) is 4.51. The van der Waals surface area contributed by atoms with Crippen molar-refractivity contribution in [2.45, 2.75) is 17.4 Å². The molecule has 0 saturated heterocycles. The Kier molecular flexibility index (Phi) is 4.81. The number of thioether (sulfide) groups is 1. The molecule has 1 atom stereocenters. The van der Waals surface area contributed by atoms with Crippen molar-refractivity contribution in [2.75, 3.05) is 12.0 Å². The van der Waals surface area contributed by atoms with E-state index < -0.39 is 10.9 Å². The topological polar surface area (TPSA) is 20.2 Å². The van der Waals surface area contributed by atoms with Crippen LogP contribution in [0.1, 0.15) is 6.42 Å². The van der Waals surface area contributed by atoms with Crippen LogP contribution in [0.4, 0.5) is 8.78 Å². The van der Waals surface area contributed by atoms with Gasteiger partial charge in [0.25, 0.3) is 0 Å². The number of aliphatic hydroxyl groups is 1. The summed E-state index contributed by atoms with van der Waals surface area (Å²) in [5, 5.41) is 8.71. The lowest BCUT2D eigenvalue weighted by molar-refractivity contribution is -0.0284. The van der Waals surface area contributed by atoms with E-state index >= 15 is 0 Å². The van der Waals surface area contributed by atoms with Crippen molar-refractivity contribution in [2.24, 2.45) is 0 Å². The fraction of sp³-hybridized carbons (Fsp3) is 1.00. The molecule has 0 bridgehead atoms. The molecule has 0 heterocycles. The highest BCUT2D eigenvalue weighted by atomic mass is 79.9. The van der Waals surface area contributed by atoms with Crippen LogP contribution in [0.15, 0.2) is 0 Å². The van der Waals surface area contributed by atoms with Gasteiger partial charge in [-0.25, -0.2) is 0 Å². The third-order valence-corrected chi connectivity index (χ3v) is 2.15. The van der Waals surface area contributed by atoms with Crippen LogP contribution in [0.5, 0.6) is 0 Å². The molecule has 0 saturated carbocycles. The summed E-state index contributed by atoms with van der Waals surface area (Å²) < 4.78 is 24.2. The van der Waals surface area contributed by atoms with Crippen LogP contribution in [-0.4, -0.2) is 28.1 Å². The van der Waals surface area contributed by atoms with Crippen LogP contribution < -0.4 is 0 Å². The van der Waals surface area contributed by atoms with Crippen molar-refractivity contribution >= 4 is 27.7 Å². The molecule has 0 spiro atoms. The zero-order chi connectivity index (χ0) is 8.20. The van der Waals surface area contributed by atoms with E-state index in [1.54, 1.807) is 6.26 Å². The highest BCUT2D eigenvalue weighted by molar-refractivity contribution is 9.10. The van der Waals surface area contributed by atoms with E-state index in [1.807, 2.05) is 0 Å². The van der Waals surface area contributed by atoms with E-state index in [0.29, 0.717) is 5.75 Å². The molecule has 5 heteroatoms. The monoisotopic (exact) mass is 234 g/mol. The largest absolute Gasteiger partial charge is 0.386 e. The first-order valence-electron chi connectivity index (χ1n) is 2.72. The molecule has 1 N–H and O–H groups in total. The summed E-state index contributed by atoms with van der Waals surface area (Å²) in [7, 11) is 0. The van der Waals surface area contributed by atoms with Gasteiger partial charge in [-0.05, 0) is 34.4 Å². The Bertz CT molecular complexity index is 96.1. The van der Waals surface area contributed by atoms with Gasteiger partial charge in [-0.3, -0.25) is 0 Å². The molecule has 62 valence electrons. The standard InChI is InChI=1S/C5H9BrF2OS/c1-10-3-2-4(9)5(6,7)8/h4,9H,2-3H2,1H3. The third-order valence-electron chi connectivity index (χ3n) is 0.973. The van der Waals surface area contributed by atoms with Gasteiger partial charge in [-0.1, -0.05) is 0 Å². The minimum Gasteiger partial charge on any atom is -0.386 e. The fourth-order valence-electron chi connectivity index (χ4n) is 0.393. The summed E-state index contributed by atoms with van der Waals surface area (Å²) in [5.41, 5.74) is 0. The third kappa shape index (κ3) is 4.46. The highest BCUT2D eigenvalue weighted by Gasteiger charge is 2.33. The number of aliphatic hydroxyl groups excluding tert-OH is 1. The molecule has 0 aromatic rings. The van der Waals surface area contributed by atoms with Crippen molar-refractivity contribution in [3.05, 3.63) is 0 Å². The van der Waals surface area contributed by atoms with Gasteiger partial charge >= 0.3 is 4.83 Å². The number of hydrogen-bond donors (Lipinski definition) is 1. The van der Waals surface area contributed by atoms with Gasteiger partial charge < -0.3 is 5.11 Å². The molecule has 0 aliphatic rings. The number of hydrogen-bond acceptors (Lipinski definition) is 2. The average Bonchev–Trinajstić information content (AvgIpc) is 1.80. The Labute approximate surface area is 71.3 Å². The highest BCUT2D eigenvalue weighted by Crippen LogP contribution is 2.28. The van der Waals surface area contributed by atoms with Gasteiger partial charge in [-0.15, -0.1) is 0 Å². The summed E-state index contributed by atoms with van der Waals surface area (Å²) in [4.78, 5) is -3.14. The first kappa shape index (κ1) is 10.7. The van der Waals surface area contributed by atoms with Crippen molar-refractivity contribution in [1.82, 2.24) is 0 Å². The van der Waals surface area contributed by atoms with Crippen LogP contribution in [0.2, 0.25) is 0 Å². The minimum absolute atomic E-state index is 0.111. The molecule has 0 radical (unpaired) electrons. The second-order valence-corrected chi connectivity index (χ2v) is 3.88. The molecule has 0 fully saturated rings. The lowest BCUT2D eigenvalue weighted by Crippen LogP contribution is -2.27. The normalized spacial score (nSPS) is 15.3. The van der Waals surface area contributed by atoms with Gasteiger partial charge in [-0.2, -0.15) is 20.5 Å². The number of rotatable bonds is 4. The first-order chi connectivity index (χ1) is 4.48. The van der Waals surface area contributed by atoms with E-state index in [2.05, 4.69) is 15.9 Å². The summed E-state index contributed by atoms with van der Waals surface area (Å²) in [6.45, 7) is 0. The summed E-state index contributed by atoms with van der Waals surface area (Å²) in [5.74, 6) is 0.544. The van der Waals surface area contributed by atoms with Crippen molar-refractivity contribution in [3.63, 3.8) is 0 Å². The molecule has 0 aliphatic carbocycles. The van der Waals surface area contributed by atoms with Crippen LogP contribution in [0, 0.1) is 0 Å². The number of halogens is 3. The summed E-state index contributed by atoms with van der Waals surface area (Å²) >= 11 is 3.51. The Balaban J connectivity index is 3.52. The zero-order valence-electron chi connectivity index (χ0n) is 5.48. The SMILES string of the molecule is CSCCC(O)C(F)(F)Br. The molecule has 0 amide bonds. The van der Waals surface area contributed by atoms with Crippen molar-refractivity contribution in [1.29, 1.82) is 0 Å². The van der Waals surface area contributed by atoms with Gasteiger partial charge in [0.2, 0.25) is 0 Å². The van der Waals surface area contributed by atoms with Gasteiger partial charge in [0, 0.05) is 0 Å². The first-order valence-corrected chi connectivity index (χ1v) is 4.91. The Morgan fingerprint density at radius 3 is 2.50 bits per heavy atom. The maximum Gasteiger partial charge on any atom is 0.326 e.